The normalized spacial score (nSPS) is 10.5. The molecule has 1 amide bonds. The summed E-state index contributed by atoms with van der Waals surface area (Å²) < 4.78 is 5.26. The van der Waals surface area contributed by atoms with Crippen LogP contribution in [0.5, 0.6) is 5.75 Å². The summed E-state index contributed by atoms with van der Waals surface area (Å²) in [7, 11) is 3.09. The number of amides is 1. The zero-order valence-corrected chi connectivity index (χ0v) is 12.6. The average Bonchev–Trinajstić information content (AvgIpc) is 2.58. The second kappa shape index (κ2) is 7.83. The van der Waals surface area contributed by atoms with Crippen molar-refractivity contribution in [1.82, 2.24) is 5.32 Å². The van der Waals surface area contributed by atoms with Crippen LogP contribution in [0.15, 0.2) is 53.7 Å². The number of nitrogens with one attached hydrogen (secondary N) is 1. The second-order valence-corrected chi connectivity index (χ2v) is 4.53. The average molecular weight is 298 g/mol. The minimum Gasteiger partial charge on any atom is -0.496 e. The maximum atomic E-state index is 12.1. The third-order valence-electron chi connectivity index (χ3n) is 3.11. The molecule has 0 heterocycles. The summed E-state index contributed by atoms with van der Waals surface area (Å²) in [6.07, 6.45) is 1.58. The molecule has 0 aliphatic carbocycles. The number of methoxy groups -OCH3 is 1. The molecule has 22 heavy (non-hydrogen) atoms. The smallest absolute Gasteiger partial charge is 0.251 e. The number of rotatable bonds is 6. The van der Waals surface area contributed by atoms with Gasteiger partial charge in [0, 0.05) is 17.7 Å². The number of hydrogen-bond acceptors (Lipinski definition) is 4. The van der Waals surface area contributed by atoms with Gasteiger partial charge in [0.05, 0.1) is 13.3 Å². The number of oxime groups is 1. The lowest BCUT2D eigenvalue weighted by molar-refractivity contribution is 0.0950. The van der Waals surface area contributed by atoms with Gasteiger partial charge >= 0.3 is 0 Å². The van der Waals surface area contributed by atoms with E-state index in [2.05, 4.69) is 15.3 Å². The predicted molar refractivity (Wildman–Crippen MR) is 85.2 cm³/mol. The molecule has 0 fully saturated rings. The van der Waals surface area contributed by atoms with E-state index < -0.39 is 0 Å². The van der Waals surface area contributed by atoms with Crippen molar-refractivity contribution in [3.8, 4) is 5.75 Å². The first-order valence-corrected chi connectivity index (χ1v) is 6.81. The van der Waals surface area contributed by atoms with Gasteiger partial charge in [0.15, 0.2) is 0 Å². The summed E-state index contributed by atoms with van der Waals surface area (Å²) in [5.41, 5.74) is 2.38. The van der Waals surface area contributed by atoms with E-state index in [9.17, 15) is 4.79 Å². The van der Waals surface area contributed by atoms with Crippen LogP contribution < -0.4 is 10.1 Å². The highest BCUT2D eigenvalue weighted by molar-refractivity contribution is 5.95. The summed E-state index contributed by atoms with van der Waals surface area (Å²) in [6.45, 7) is 0.412. The number of carbonyl (C=O) groups is 1. The lowest BCUT2D eigenvalue weighted by atomic mass is 10.1. The maximum absolute atomic E-state index is 12.1. The molecule has 0 saturated carbocycles. The molecule has 2 aromatic rings. The SMILES string of the molecule is CO/N=C/c1ccc(C(=O)NCc2ccccc2OC)cc1. The molecule has 0 aliphatic heterocycles. The Bertz CT molecular complexity index is 651. The third-order valence-corrected chi connectivity index (χ3v) is 3.11. The Morgan fingerprint density at radius 1 is 1.14 bits per heavy atom. The van der Waals surface area contributed by atoms with E-state index in [1.165, 1.54) is 7.11 Å². The van der Waals surface area contributed by atoms with Gasteiger partial charge in [0.1, 0.15) is 12.9 Å². The zero-order chi connectivity index (χ0) is 15.8. The molecule has 2 aromatic carbocycles. The highest BCUT2D eigenvalue weighted by atomic mass is 16.6. The summed E-state index contributed by atoms with van der Waals surface area (Å²) in [6, 6.07) is 14.7. The van der Waals surface area contributed by atoms with Crippen molar-refractivity contribution in [2.75, 3.05) is 14.2 Å². The minimum absolute atomic E-state index is 0.138. The van der Waals surface area contributed by atoms with Crippen LogP contribution in [-0.4, -0.2) is 26.3 Å². The number of nitrogens with zero attached hydrogens (tertiary/aromatic N) is 1. The van der Waals surface area contributed by atoms with Crippen molar-refractivity contribution in [3.63, 3.8) is 0 Å². The highest BCUT2D eigenvalue weighted by Crippen LogP contribution is 2.16. The van der Waals surface area contributed by atoms with Crippen LogP contribution in [0, 0.1) is 0 Å². The molecule has 0 radical (unpaired) electrons. The summed E-state index contributed by atoms with van der Waals surface area (Å²) in [4.78, 5) is 16.7. The molecule has 0 bridgehead atoms. The summed E-state index contributed by atoms with van der Waals surface area (Å²) in [5, 5.41) is 6.55. The fourth-order valence-corrected chi connectivity index (χ4v) is 1.96. The Labute approximate surface area is 129 Å². The first-order chi connectivity index (χ1) is 10.7. The monoisotopic (exact) mass is 298 g/mol. The molecule has 5 nitrogen and oxygen atoms in total. The van der Waals surface area contributed by atoms with Crippen LogP contribution in [0.1, 0.15) is 21.5 Å². The molecule has 5 heteroatoms. The summed E-state index contributed by atoms with van der Waals surface area (Å²) >= 11 is 0. The lowest BCUT2D eigenvalue weighted by Gasteiger charge is -2.09. The lowest BCUT2D eigenvalue weighted by Crippen LogP contribution is -2.23. The second-order valence-electron chi connectivity index (χ2n) is 4.53. The van der Waals surface area contributed by atoms with Gasteiger partial charge in [-0.25, -0.2) is 0 Å². The van der Waals surface area contributed by atoms with E-state index in [0.29, 0.717) is 12.1 Å². The van der Waals surface area contributed by atoms with Gasteiger partial charge in [-0.15, -0.1) is 0 Å². The molecule has 114 valence electrons. The van der Waals surface area contributed by atoms with Gasteiger partial charge in [-0.2, -0.15) is 0 Å². The molecule has 0 aromatic heterocycles. The molecule has 2 rings (SSSR count). The number of para-hydroxylation sites is 1. The van der Waals surface area contributed by atoms with E-state index in [1.54, 1.807) is 37.6 Å². The van der Waals surface area contributed by atoms with Gasteiger partial charge in [-0.05, 0) is 23.8 Å². The first-order valence-electron chi connectivity index (χ1n) is 6.81. The van der Waals surface area contributed by atoms with Crippen molar-refractivity contribution in [2.24, 2.45) is 5.16 Å². The van der Waals surface area contributed by atoms with E-state index >= 15 is 0 Å². The topological polar surface area (TPSA) is 59.9 Å². The van der Waals surface area contributed by atoms with Crippen molar-refractivity contribution in [1.29, 1.82) is 0 Å². The van der Waals surface area contributed by atoms with E-state index in [4.69, 9.17) is 4.74 Å². The molecule has 0 atom stereocenters. The van der Waals surface area contributed by atoms with Crippen LogP contribution in [0.25, 0.3) is 0 Å². The van der Waals surface area contributed by atoms with Crippen molar-refractivity contribution in [2.45, 2.75) is 6.54 Å². The Hall–Kier alpha value is -2.82. The maximum Gasteiger partial charge on any atom is 0.251 e. The predicted octanol–water partition coefficient (Wildman–Crippen LogP) is 2.61. The van der Waals surface area contributed by atoms with Crippen LogP contribution in [0.3, 0.4) is 0 Å². The Kier molecular flexibility index (Phi) is 5.54. The molecule has 1 N–H and O–H groups in total. The molecule has 0 saturated heterocycles. The van der Waals surface area contributed by atoms with Crippen molar-refractivity contribution in [3.05, 3.63) is 65.2 Å². The van der Waals surface area contributed by atoms with Crippen LogP contribution >= 0.6 is 0 Å². The van der Waals surface area contributed by atoms with Gasteiger partial charge in [0.25, 0.3) is 5.91 Å². The molecule has 0 spiro atoms. The van der Waals surface area contributed by atoms with Crippen molar-refractivity contribution >= 4 is 12.1 Å². The van der Waals surface area contributed by atoms with E-state index in [-0.39, 0.29) is 5.91 Å². The van der Waals surface area contributed by atoms with Gasteiger partial charge in [0.2, 0.25) is 0 Å². The standard InChI is InChI=1S/C17H18N2O3/c1-21-16-6-4-3-5-15(16)12-18-17(20)14-9-7-13(8-10-14)11-19-22-2/h3-11H,12H2,1-2H3,(H,18,20)/b19-11+. The molecular formula is C17H18N2O3. The van der Waals surface area contributed by atoms with Crippen LogP contribution in [0.2, 0.25) is 0 Å². The number of benzene rings is 2. The van der Waals surface area contributed by atoms with Gasteiger partial charge < -0.3 is 14.9 Å². The fraction of sp³-hybridized carbons (Fsp3) is 0.176. The fourth-order valence-electron chi connectivity index (χ4n) is 1.96. The number of ether oxygens (including phenoxy) is 1. The molecule has 0 aliphatic rings. The third kappa shape index (κ3) is 4.09. The van der Waals surface area contributed by atoms with Crippen LogP contribution in [0.4, 0.5) is 0 Å². The van der Waals surface area contributed by atoms with Crippen LogP contribution in [-0.2, 0) is 11.4 Å². The highest BCUT2D eigenvalue weighted by Gasteiger charge is 2.07. The minimum atomic E-state index is -0.138. The number of carbonyl (C=O) groups excluding carboxylic acids is 1. The quantitative estimate of drug-likeness (QED) is 0.658. The number of hydrogen-bond donors (Lipinski definition) is 1. The Morgan fingerprint density at radius 2 is 1.86 bits per heavy atom. The van der Waals surface area contributed by atoms with Gasteiger partial charge in [-0.1, -0.05) is 35.5 Å². The first kappa shape index (κ1) is 15.6. The van der Waals surface area contributed by atoms with E-state index in [0.717, 1.165) is 16.9 Å². The van der Waals surface area contributed by atoms with Gasteiger partial charge in [-0.3, -0.25) is 4.79 Å². The largest absolute Gasteiger partial charge is 0.496 e. The molecule has 0 unspecified atom stereocenters. The molecular weight excluding hydrogens is 280 g/mol. The van der Waals surface area contributed by atoms with Crippen molar-refractivity contribution < 1.29 is 14.4 Å². The Morgan fingerprint density at radius 3 is 2.55 bits per heavy atom. The zero-order valence-electron chi connectivity index (χ0n) is 12.6. The van der Waals surface area contributed by atoms with E-state index in [1.807, 2.05) is 24.3 Å². The Balaban J connectivity index is 1.99. The summed E-state index contributed by atoms with van der Waals surface area (Å²) in [5.74, 6) is 0.620.